The number of carbonyl (C=O) groups excluding carboxylic acids is 1. The highest BCUT2D eigenvalue weighted by molar-refractivity contribution is 7.93. The predicted molar refractivity (Wildman–Crippen MR) is 137 cm³/mol. The maximum Gasteiger partial charge on any atom is 0.264 e. The standard InChI is InChI=1S/C25H21FN4O5S2/c26-19-8-12-24(13-9-19)37(34,35)30(22-6-2-1-3-7-22)18-25(31)28-20-10-14-23(15-11-20)36(32,33)29-21-5-4-16-27-17-21/h1-17,29H,18H2,(H,28,31). The number of nitrogens with zero attached hydrogens (tertiary/aromatic N) is 2. The SMILES string of the molecule is O=C(CN(c1ccccc1)S(=O)(=O)c1ccc(F)cc1)Nc1ccc(S(=O)(=O)Nc2cccnc2)cc1. The zero-order valence-electron chi connectivity index (χ0n) is 19.2. The number of sulfonamides is 2. The lowest BCUT2D eigenvalue weighted by Crippen LogP contribution is -2.38. The lowest BCUT2D eigenvalue weighted by Gasteiger charge is -2.24. The molecule has 190 valence electrons. The molecule has 0 bridgehead atoms. The lowest BCUT2D eigenvalue weighted by molar-refractivity contribution is -0.114. The molecule has 1 heterocycles. The summed E-state index contributed by atoms with van der Waals surface area (Å²) in [6.45, 7) is -0.577. The molecule has 12 heteroatoms. The topological polar surface area (TPSA) is 126 Å². The summed E-state index contributed by atoms with van der Waals surface area (Å²) in [5.74, 6) is -1.26. The molecule has 0 saturated heterocycles. The van der Waals surface area contributed by atoms with E-state index in [1.165, 1.54) is 48.8 Å². The Morgan fingerprint density at radius 2 is 1.43 bits per heavy atom. The van der Waals surface area contributed by atoms with Crippen molar-refractivity contribution >= 4 is 43.0 Å². The Morgan fingerprint density at radius 3 is 2.05 bits per heavy atom. The van der Waals surface area contributed by atoms with E-state index in [4.69, 9.17) is 0 Å². The van der Waals surface area contributed by atoms with Crippen LogP contribution in [0.25, 0.3) is 0 Å². The molecule has 0 atom stereocenters. The Hall–Kier alpha value is -4.29. The van der Waals surface area contributed by atoms with E-state index < -0.39 is 38.3 Å². The molecule has 4 aromatic rings. The highest BCUT2D eigenvalue weighted by Crippen LogP contribution is 2.24. The van der Waals surface area contributed by atoms with Crippen LogP contribution in [0.15, 0.2) is 113 Å². The first-order valence-electron chi connectivity index (χ1n) is 10.8. The minimum absolute atomic E-state index is 0.0425. The van der Waals surface area contributed by atoms with Crippen LogP contribution in [-0.4, -0.2) is 34.3 Å². The number of hydrogen-bond donors (Lipinski definition) is 2. The van der Waals surface area contributed by atoms with Crippen molar-refractivity contribution in [2.24, 2.45) is 0 Å². The van der Waals surface area contributed by atoms with Crippen molar-refractivity contribution < 1.29 is 26.0 Å². The van der Waals surface area contributed by atoms with Gasteiger partial charge in [0.25, 0.3) is 20.0 Å². The fourth-order valence-corrected chi connectivity index (χ4v) is 5.79. The number of halogens is 1. The molecule has 3 aromatic carbocycles. The van der Waals surface area contributed by atoms with Crippen molar-refractivity contribution in [3.8, 4) is 0 Å². The van der Waals surface area contributed by atoms with Gasteiger partial charge in [0, 0.05) is 11.9 Å². The largest absolute Gasteiger partial charge is 0.325 e. The van der Waals surface area contributed by atoms with Gasteiger partial charge in [0.2, 0.25) is 5.91 Å². The number of rotatable bonds is 9. The zero-order valence-corrected chi connectivity index (χ0v) is 20.8. The van der Waals surface area contributed by atoms with Gasteiger partial charge in [-0.2, -0.15) is 0 Å². The van der Waals surface area contributed by atoms with Gasteiger partial charge in [-0.25, -0.2) is 21.2 Å². The summed E-state index contributed by atoms with van der Waals surface area (Å²) in [6, 6.07) is 20.8. The van der Waals surface area contributed by atoms with Gasteiger partial charge in [-0.05, 0) is 72.8 Å². The molecule has 0 saturated carbocycles. The average Bonchev–Trinajstić information content (AvgIpc) is 2.88. The zero-order chi connectivity index (χ0) is 26.5. The number of nitrogens with one attached hydrogen (secondary N) is 2. The fourth-order valence-electron chi connectivity index (χ4n) is 3.33. The third kappa shape index (κ3) is 6.29. The summed E-state index contributed by atoms with van der Waals surface area (Å²) in [5, 5.41) is 2.57. The van der Waals surface area contributed by atoms with E-state index in [9.17, 15) is 26.0 Å². The first-order chi connectivity index (χ1) is 17.6. The van der Waals surface area contributed by atoms with Crippen LogP contribution in [0.4, 0.5) is 21.5 Å². The number of para-hydroxylation sites is 1. The van der Waals surface area contributed by atoms with Gasteiger partial charge in [-0.3, -0.25) is 18.8 Å². The Labute approximate surface area is 213 Å². The fraction of sp³-hybridized carbons (Fsp3) is 0.0400. The van der Waals surface area contributed by atoms with Gasteiger partial charge >= 0.3 is 0 Å². The second-order valence-electron chi connectivity index (χ2n) is 7.72. The first-order valence-corrected chi connectivity index (χ1v) is 13.7. The van der Waals surface area contributed by atoms with Crippen molar-refractivity contribution in [3.63, 3.8) is 0 Å². The van der Waals surface area contributed by atoms with Gasteiger partial charge in [0.15, 0.2) is 0 Å². The number of amides is 1. The predicted octanol–water partition coefficient (Wildman–Crippen LogP) is 3.86. The van der Waals surface area contributed by atoms with Crippen molar-refractivity contribution in [2.45, 2.75) is 9.79 Å². The molecule has 1 aromatic heterocycles. The number of pyridine rings is 1. The number of hydrogen-bond acceptors (Lipinski definition) is 6. The van der Waals surface area contributed by atoms with Crippen LogP contribution in [-0.2, 0) is 24.8 Å². The average molecular weight is 541 g/mol. The first kappa shape index (κ1) is 25.8. The highest BCUT2D eigenvalue weighted by Gasteiger charge is 2.27. The maximum absolute atomic E-state index is 13.3. The van der Waals surface area contributed by atoms with Gasteiger partial charge in [0.1, 0.15) is 12.4 Å². The molecule has 1 amide bonds. The third-order valence-electron chi connectivity index (χ3n) is 5.10. The molecular formula is C25H21FN4O5S2. The molecule has 0 unspecified atom stereocenters. The smallest absolute Gasteiger partial charge is 0.264 e. The van der Waals surface area contributed by atoms with E-state index in [1.54, 1.807) is 30.3 Å². The molecule has 9 nitrogen and oxygen atoms in total. The lowest BCUT2D eigenvalue weighted by atomic mass is 10.3. The number of aromatic nitrogens is 1. The Kier molecular flexibility index (Phi) is 7.50. The van der Waals surface area contributed by atoms with E-state index in [0.717, 1.165) is 28.6 Å². The summed E-state index contributed by atoms with van der Waals surface area (Å²) in [4.78, 5) is 16.5. The molecule has 4 rings (SSSR count). The van der Waals surface area contributed by atoms with Gasteiger partial charge < -0.3 is 5.32 Å². The minimum Gasteiger partial charge on any atom is -0.325 e. The summed E-state index contributed by atoms with van der Waals surface area (Å²) in [6.07, 6.45) is 2.88. The third-order valence-corrected chi connectivity index (χ3v) is 8.28. The van der Waals surface area contributed by atoms with Crippen molar-refractivity contribution in [3.05, 3.63) is 109 Å². The van der Waals surface area contributed by atoms with Gasteiger partial charge in [-0.1, -0.05) is 18.2 Å². The van der Waals surface area contributed by atoms with E-state index in [2.05, 4.69) is 15.0 Å². The van der Waals surface area contributed by atoms with Crippen LogP contribution in [0, 0.1) is 5.82 Å². The number of anilines is 3. The second kappa shape index (κ2) is 10.8. The molecule has 0 spiro atoms. The summed E-state index contributed by atoms with van der Waals surface area (Å²) < 4.78 is 68.4. The summed E-state index contributed by atoms with van der Waals surface area (Å²) in [5.41, 5.74) is 0.797. The van der Waals surface area contributed by atoms with Crippen molar-refractivity contribution in [2.75, 3.05) is 20.9 Å². The van der Waals surface area contributed by atoms with E-state index >= 15 is 0 Å². The van der Waals surface area contributed by atoms with Gasteiger partial charge in [-0.15, -0.1) is 0 Å². The summed E-state index contributed by atoms with van der Waals surface area (Å²) >= 11 is 0. The van der Waals surface area contributed by atoms with Crippen molar-refractivity contribution in [1.82, 2.24) is 4.98 Å². The normalized spacial score (nSPS) is 11.5. The van der Waals surface area contributed by atoms with Gasteiger partial charge in [0.05, 0.1) is 27.4 Å². The Balaban J connectivity index is 1.51. The molecular weight excluding hydrogens is 519 g/mol. The molecule has 0 aliphatic carbocycles. The van der Waals surface area contributed by atoms with Crippen LogP contribution in [0.3, 0.4) is 0 Å². The van der Waals surface area contributed by atoms with E-state index in [-0.39, 0.29) is 21.2 Å². The highest BCUT2D eigenvalue weighted by atomic mass is 32.2. The quantitative estimate of drug-likeness (QED) is 0.332. The van der Waals surface area contributed by atoms with Crippen LogP contribution in [0.5, 0.6) is 0 Å². The Bertz CT molecular complexity index is 1580. The molecule has 0 aliphatic heterocycles. The summed E-state index contributed by atoms with van der Waals surface area (Å²) in [7, 11) is -8.08. The number of carbonyl (C=O) groups is 1. The van der Waals surface area contributed by atoms with E-state index in [0.29, 0.717) is 5.69 Å². The second-order valence-corrected chi connectivity index (χ2v) is 11.3. The molecule has 0 fully saturated rings. The molecule has 2 N–H and O–H groups in total. The molecule has 0 aliphatic rings. The minimum atomic E-state index is -4.20. The number of benzene rings is 3. The van der Waals surface area contributed by atoms with E-state index in [1.807, 2.05) is 0 Å². The van der Waals surface area contributed by atoms with Crippen LogP contribution in [0.1, 0.15) is 0 Å². The van der Waals surface area contributed by atoms with Crippen LogP contribution in [0.2, 0.25) is 0 Å². The van der Waals surface area contributed by atoms with Crippen LogP contribution >= 0.6 is 0 Å². The molecule has 37 heavy (non-hydrogen) atoms. The van der Waals surface area contributed by atoms with Crippen LogP contribution < -0.4 is 14.3 Å². The monoisotopic (exact) mass is 540 g/mol. The van der Waals surface area contributed by atoms with Crippen molar-refractivity contribution in [1.29, 1.82) is 0 Å². The molecule has 0 radical (unpaired) electrons. The Morgan fingerprint density at radius 1 is 0.784 bits per heavy atom. The maximum atomic E-state index is 13.3.